The second-order valence-corrected chi connectivity index (χ2v) is 6.98. The Labute approximate surface area is 129 Å². The van der Waals surface area contributed by atoms with Crippen LogP contribution in [0.4, 0.5) is 13.6 Å². The highest BCUT2D eigenvalue weighted by atomic mass is 19.3. The maximum Gasteiger partial charge on any atom is 0.412 e. The molecule has 1 aliphatic heterocycles. The van der Waals surface area contributed by atoms with Crippen LogP contribution < -0.4 is 5.73 Å². The molecule has 0 saturated carbocycles. The van der Waals surface area contributed by atoms with Gasteiger partial charge in [0.15, 0.2) is 0 Å². The van der Waals surface area contributed by atoms with Crippen molar-refractivity contribution in [3.63, 3.8) is 0 Å². The van der Waals surface area contributed by atoms with Crippen LogP contribution in [0.25, 0.3) is 0 Å². The number of halogens is 2. The molecular weight excluding hydrogens is 298 g/mol. The van der Waals surface area contributed by atoms with Crippen molar-refractivity contribution in [1.82, 2.24) is 4.90 Å². The lowest BCUT2D eigenvalue weighted by Crippen LogP contribution is -2.52. The maximum absolute atomic E-state index is 13.9. The van der Waals surface area contributed by atoms with Crippen molar-refractivity contribution in [2.45, 2.75) is 70.4 Å². The van der Waals surface area contributed by atoms with E-state index < -0.39 is 48.5 Å². The SMILES string of the molecule is CC(C)(C)OC(=O)N1[C@@H](CC(F)(F)C(O)CN)COC1(C)C. The smallest absolute Gasteiger partial charge is 0.412 e. The van der Waals surface area contributed by atoms with Crippen LogP contribution in [0.5, 0.6) is 0 Å². The molecule has 8 heteroatoms. The molecule has 0 aromatic carbocycles. The lowest BCUT2D eigenvalue weighted by atomic mass is 10.0. The van der Waals surface area contributed by atoms with Gasteiger partial charge in [0.25, 0.3) is 5.92 Å². The van der Waals surface area contributed by atoms with Gasteiger partial charge < -0.3 is 20.3 Å². The minimum Gasteiger partial charge on any atom is -0.444 e. The van der Waals surface area contributed by atoms with Gasteiger partial charge in [-0.15, -0.1) is 0 Å². The predicted octanol–water partition coefficient (Wildman–Crippen LogP) is 1.70. The fourth-order valence-electron chi connectivity index (χ4n) is 2.34. The first-order valence-electron chi connectivity index (χ1n) is 7.22. The second-order valence-electron chi connectivity index (χ2n) is 6.98. The molecule has 0 radical (unpaired) electrons. The summed E-state index contributed by atoms with van der Waals surface area (Å²) in [6, 6.07) is -0.902. The van der Waals surface area contributed by atoms with Crippen LogP contribution in [0.1, 0.15) is 41.0 Å². The number of hydrogen-bond donors (Lipinski definition) is 2. The first kappa shape index (κ1) is 19.1. The summed E-state index contributed by atoms with van der Waals surface area (Å²) >= 11 is 0. The number of nitrogens with zero attached hydrogens (tertiary/aromatic N) is 1. The molecule has 6 nitrogen and oxygen atoms in total. The summed E-state index contributed by atoms with van der Waals surface area (Å²) in [5.41, 5.74) is 3.29. The van der Waals surface area contributed by atoms with E-state index in [1.807, 2.05) is 0 Å². The van der Waals surface area contributed by atoms with E-state index in [4.69, 9.17) is 15.2 Å². The summed E-state index contributed by atoms with van der Waals surface area (Å²) in [5, 5.41) is 9.34. The molecule has 1 aliphatic rings. The van der Waals surface area contributed by atoms with Crippen LogP contribution in [-0.4, -0.2) is 58.6 Å². The lowest BCUT2D eigenvalue weighted by Gasteiger charge is -2.36. The van der Waals surface area contributed by atoms with Gasteiger partial charge in [0, 0.05) is 13.0 Å². The van der Waals surface area contributed by atoms with Gasteiger partial charge >= 0.3 is 6.09 Å². The molecule has 1 fully saturated rings. The summed E-state index contributed by atoms with van der Waals surface area (Å²) in [4.78, 5) is 13.5. The van der Waals surface area contributed by atoms with Crippen LogP contribution in [0.15, 0.2) is 0 Å². The summed E-state index contributed by atoms with van der Waals surface area (Å²) in [5.74, 6) is -3.41. The molecule has 130 valence electrons. The van der Waals surface area contributed by atoms with Crippen LogP contribution in [0, 0.1) is 0 Å². The largest absolute Gasteiger partial charge is 0.444 e. The van der Waals surface area contributed by atoms with Crippen molar-refractivity contribution in [2.75, 3.05) is 13.2 Å². The molecule has 3 N–H and O–H groups in total. The molecule has 0 aliphatic carbocycles. The van der Waals surface area contributed by atoms with E-state index in [0.29, 0.717) is 0 Å². The third kappa shape index (κ3) is 4.50. The van der Waals surface area contributed by atoms with Crippen LogP contribution in [0.3, 0.4) is 0 Å². The third-order valence-electron chi connectivity index (χ3n) is 3.38. The number of hydrogen-bond acceptors (Lipinski definition) is 5. The van der Waals surface area contributed by atoms with E-state index in [1.54, 1.807) is 34.6 Å². The maximum atomic E-state index is 13.9. The quantitative estimate of drug-likeness (QED) is 0.822. The molecule has 1 saturated heterocycles. The Bertz CT molecular complexity index is 410. The average molecular weight is 324 g/mol. The fourth-order valence-corrected chi connectivity index (χ4v) is 2.34. The first-order chi connectivity index (χ1) is 9.80. The van der Waals surface area contributed by atoms with Crippen LogP contribution >= 0.6 is 0 Å². The number of aliphatic hydroxyl groups excluding tert-OH is 1. The normalized spacial score (nSPS) is 23.5. The molecule has 22 heavy (non-hydrogen) atoms. The van der Waals surface area contributed by atoms with Crippen LogP contribution in [-0.2, 0) is 9.47 Å². The summed E-state index contributed by atoms with van der Waals surface area (Å²) in [6.45, 7) is 7.67. The number of ether oxygens (including phenoxy) is 2. The monoisotopic (exact) mass is 324 g/mol. The van der Waals surface area contributed by atoms with Crippen molar-refractivity contribution in [3.8, 4) is 0 Å². The Morgan fingerprint density at radius 1 is 1.50 bits per heavy atom. The van der Waals surface area contributed by atoms with E-state index in [9.17, 15) is 18.7 Å². The van der Waals surface area contributed by atoms with E-state index in [-0.39, 0.29) is 6.61 Å². The first-order valence-corrected chi connectivity index (χ1v) is 7.22. The van der Waals surface area contributed by atoms with Gasteiger partial charge in [-0.1, -0.05) is 0 Å². The summed E-state index contributed by atoms with van der Waals surface area (Å²) < 4.78 is 38.6. The van der Waals surface area contributed by atoms with E-state index in [1.165, 1.54) is 0 Å². The van der Waals surface area contributed by atoms with E-state index in [2.05, 4.69) is 0 Å². The molecule has 0 spiro atoms. The number of nitrogens with two attached hydrogens (primary N) is 1. The number of aliphatic hydroxyl groups is 1. The molecule has 1 rings (SSSR count). The molecular formula is C14H26F2N2O4. The average Bonchev–Trinajstić information content (AvgIpc) is 2.60. The minimum atomic E-state index is -3.41. The Morgan fingerprint density at radius 2 is 2.05 bits per heavy atom. The second kappa shape index (κ2) is 6.25. The summed E-state index contributed by atoms with van der Waals surface area (Å²) in [6.07, 6.45) is -3.43. The standard InChI is InChI=1S/C14H26F2N2O4/c1-12(2,3)22-11(20)18-9(8-21-13(18,4)5)6-14(15,16)10(19)7-17/h9-10,19H,6-8,17H2,1-5H3/t9-,10?/m0/s1. The van der Waals surface area contributed by atoms with Gasteiger partial charge in [-0.2, -0.15) is 0 Å². The zero-order valence-corrected chi connectivity index (χ0v) is 13.7. The van der Waals surface area contributed by atoms with Crippen molar-refractivity contribution < 1.29 is 28.2 Å². The zero-order valence-electron chi connectivity index (χ0n) is 13.7. The molecule has 1 heterocycles. The number of alkyl halides is 2. The topological polar surface area (TPSA) is 85.0 Å². The van der Waals surface area contributed by atoms with Gasteiger partial charge in [-0.3, -0.25) is 4.90 Å². The van der Waals surface area contributed by atoms with Crippen molar-refractivity contribution >= 4 is 6.09 Å². The van der Waals surface area contributed by atoms with E-state index >= 15 is 0 Å². The summed E-state index contributed by atoms with van der Waals surface area (Å²) in [7, 11) is 0. The molecule has 2 atom stereocenters. The highest BCUT2D eigenvalue weighted by molar-refractivity contribution is 5.69. The van der Waals surface area contributed by atoms with Gasteiger partial charge in [0.2, 0.25) is 0 Å². The van der Waals surface area contributed by atoms with Gasteiger partial charge in [-0.25, -0.2) is 13.6 Å². The van der Waals surface area contributed by atoms with Crippen molar-refractivity contribution in [1.29, 1.82) is 0 Å². The number of rotatable bonds is 4. The molecule has 0 bridgehead atoms. The molecule has 0 aromatic rings. The predicted molar refractivity (Wildman–Crippen MR) is 76.5 cm³/mol. The number of carbonyl (C=O) groups is 1. The van der Waals surface area contributed by atoms with Gasteiger partial charge in [0.1, 0.15) is 17.4 Å². The lowest BCUT2D eigenvalue weighted by molar-refractivity contribution is -0.120. The zero-order chi connectivity index (χ0) is 17.3. The Morgan fingerprint density at radius 3 is 2.50 bits per heavy atom. The van der Waals surface area contributed by atoms with Crippen LogP contribution in [0.2, 0.25) is 0 Å². The molecule has 0 aromatic heterocycles. The number of amides is 1. The Balaban J connectivity index is 2.92. The fraction of sp³-hybridized carbons (Fsp3) is 0.929. The van der Waals surface area contributed by atoms with Crippen molar-refractivity contribution in [2.24, 2.45) is 5.73 Å². The van der Waals surface area contributed by atoms with Gasteiger partial charge in [-0.05, 0) is 34.6 Å². The highest BCUT2D eigenvalue weighted by Gasteiger charge is 2.50. The Kier molecular flexibility index (Phi) is 5.42. The number of carbonyl (C=O) groups excluding carboxylic acids is 1. The highest BCUT2D eigenvalue weighted by Crippen LogP contribution is 2.35. The molecule has 1 unspecified atom stereocenters. The molecule has 1 amide bonds. The van der Waals surface area contributed by atoms with Crippen molar-refractivity contribution in [3.05, 3.63) is 0 Å². The van der Waals surface area contributed by atoms with Gasteiger partial charge in [0.05, 0.1) is 12.6 Å². The van der Waals surface area contributed by atoms with E-state index in [0.717, 1.165) is 4.90 Å². The Hall–Kier alpha value is -0.990. The minimum absolute atomic E-state index is 0.0564. The third-order valence-corrected chi connectivity index (χ3v) is 3.38.